The molecule has 1 heterocycles. The number of hydrogen-bond donors (Lipinski definition) is 1. The Morgan fingerprint density at radius 3 is 2.80 bits per heavy atom. The Bertz CT molecular complexity index is 349. The molecule has 0 spiro atoms. The Morgan fingerprint density at radius 2 is 2.27 bits per heavy atom. The molecule has 4 nitrogen and oxygen atoms in total. The predicted octanol–water partition coefficient (Wildman–Crippen LogP) is 1.59. The lowest BCUT2D eigenvalue weighted by Crippen LogP contribution is -2.37. The van der Waals surface area contributed by atoms with E-state index in [0.717, 1.165) is 15.9 Å². The first-order chi connectivity index (χ1) is 7.14. The lowest BCUT2D eigenvalue weighted by Gasteiger charge is -2.24. The Morgan fingerprint density at radius 1 is 1.53 bits per heavy atom. The highest BCUT2D eigenvalue weighted by Crippen LogP contribution is 2.40. The topological polar surface area (TPSA) is 41.0 Å². The molecule has 0 aliphatic heterocycles. The second-order valence-corrected chi connectivity index (χ2v) is 5.35. The van der Waals surface area contributed by atoms with E-state index in [1.165, 1.54) is 12.8 Å². The first kappa shape index (κ1) is 11.1. The zero-order valence-corrected chi connectivity index (χ0v) is 11.2. The molecule has 5 heteroatoms. The minimum atomic E-state index is 0.355. The molecule has 2 rings (SSSR count). The van der Waals surface area contributed by atoms with Crippen LogP contribution >= 0.6 is 22.6 Å². The molecular formula is C10H15IN4. The van der Waals surface area contributed by atoms with Gasteiger partial charge >= 0.3 is 0 Å². The first-order valence-corrected chi connectivity index (χ1v) is 6.09. The summed E-state index contributed by atoms with van der Waals surface area (Å²) in [6, 6.07) is 0. The van der Waals surface area contributed by atoms with E-state index in [9.17, 15) is 0 Å². The minimum Gasteiger partial charge on any atom is -0.367 e. The summed E-state index contributed by atoms with van der Waals surface area (Å²) in [4.78, 5) is 10.5. The third-order valence-electron chi connectivity index (χ3n) is 3.03. The third kappa shape index (κ3) is 2.39. The van der Waals surface area contributed by atoms with Crippen molar-refractivity contribution in [3.05, 3.63) is 16.1 Å². The van der Waals surface area contributed by atoms with E-state index in [1.807, 2.05) is 6.20 Å². The van der Waals surface area contributed by atoms with Gasteiger partial charge in [-0.25, -0.2) is 9.97 Å². The summed E-state index contributed by atoms with van der Waals surface area (Å²) in [5.41, 5.74) is 0.355. The third-order valence-corrected chi connectivity index (χ3v) is 3.82. The van der Waals surface area contributed by atoms with Crippen LogP contribution in [-0.2, 0) is 0 Å². The largest absolute Gasteiger partial charge is 0.367 e. The van der Waals surface area contributed by atoms with Gasteiger partial charge in [0, 0.05) is 18.3 Å². The molecule has 0 amide bonds. The Hall–Kier alpha value is -0.430. The molecule has 1 fully saturated rings. The van der Waals surface area contributed by atoms with Gasteiger partial charge in [-0.2, -0.15) is 0 Å². The van der Waals surface area contributed by atoms with Crippen molar-refractivity contribution >= 4 is 28.4 Å². The van der Waals surface area contributed by atoms with Gasteiger partial charge in [0.15, 0.2) is 0 Å². The smallest absolute Gasteiger partial charge is 0.142 e. The molecule has 0 aromatic carbocycles. The highest BCUT2D eigenvalue weighted by molar-refractivity contribution is 14.1. The van der Waals surface area contributed by atoms with Crippen LogP contribution in [0.15, 0.2) is 12.5 Å². The summed E-state index contributed by atoms with van der Waals surface area (Å²) in [6.07, 6.45) is 5.95. The van der Waals surface area contributed by atoms with Gasteiger partial charge in [-0.3, -0.25) is 0 Å². The number of likely N-dealkylation sites (N-methyl/N-ethyl adjacent to an activating group) is 1. The van der Waals surface area contributed by atoms with Crippen LogP contribution in [0.2, 0.25) is 0 Å². The minimum absolute atomic E-state index is 0.355. The van der Waals surface area contributed by atoms with Crippen molar-refractivity contribution in [1.82, 2.24) is 14.9 Å². The summed E-state index contributed by atoms with van der Waals surface area (Å²) in [5, 5.41) is 3.40. The van der Waals surface area contributed by atoms with Crippen molar-refractivity contribution in [2.24, 2.45) is 0 Å². The number of nitrogens with zero attached hydrogens (tertiary/aromatic N) is 3. The Balaban J connectivity index is 1.97. The molecule has 1 N–H and O–H groups in total. The zero-order chi connectivity index (χ0) is 10.9. The molecule has 1 aliphatic rings. The second-order valence-electron chi connectivity index (χ2n) is 4.19. The molecule has 0 atom stereocenters. The number of anilines is 1. The van der Waals surface area contributed by atoms with Crippen LogP contribution in [0.5, 0.6) is 0 Å². The van der Waals surface area contributed by atoms with Crippen LogP contribution in [0, 0.1) is 3.57 Å². The van der Waals surface area contributed by atoms with E-state index in [0.29, 0.717) is 5.54 Å². The van der Waals surface area contributed by atoms with Crippen LogP contribution in [0.25, 0.3) is 0 Å². The number of hydrogen-bond acceptors (Lipinski definition) is 4. The van der Waals surface area contributed by atoms with Gasteiger partial charge in [0.25, 0.3) is 0 Å². The van der Waals surface area contributed by atoms with Crippen LogP contribution < -0.4 is 5.32 Å². The van der Waals surface area contributed by atoms with E-state index in [-0.39, 0.29) is 0 Å². The predicted molar refractivity (Wildman–Crippen MR) is 68.9 cm³/mol. The van der Waals surface area contributed by atoms with E-state index in [2.05, 4.69) is 56.9 Å². The van der Waals surface area contributed by atoms with Gasteiger partial charge in [-0.15, -0.1) is 0 Å². The zero-order valence-electron chi connectivity index (χ0n) is 9.00. The fourth-order valence-corrected chi connectivity index (χ4v) is 2.11. The molecule has 82 valence electrons. The molecule has 1 aliphatic carbocycles. The standard InChI is InChI=1S/C10H15IN4/c1-15(2)10(3-4-10)6-13-9-8(11)5-12-7-14-9/h5,7H,3-4,6H2,1-2H3,(H,12,13,14). The van der Waals surface area contributed by atoms with Crippen molar-refractivity contribution in [3.63, 3.8) is 0 Å². The maximum atomic E-state index is 4.22. The highest BCUT2D eigenvalue weighted by atomic mass is 127. The monoisotopic (exact) mass is 318 g/mol. The van der Waals surface area contributed by atoms with Gasteiger partial charge in [-0.1, -0.05) is 0 Å². The molecule has 0 radical (unpaired) electrons. The van der Waals surface area contributed by atoms with Crippen LogP contribution in [0.3, 0.4) is 0 Å². The molecule has 15 heavy (non-hydrogen) atoms. The summed E-state index contributed by atoms with van der Waals surface area (Å²) in [6.45, 7) is 0.965. The van der Waals surface area contributed by atoms with Crippen LogP contribution in [-0.4, -0.2) is 41.0 Å². The van der Waals surface area contributed by atoms with E-state index in [1.54, 1.807) is 6.33 Å². The molecule has 0 unspecified atom stereocenters. The van der Waals surface area contributed by atoms with Gasteiger partial charge in [0.05, 0.1) is 3.57 Å². The lowest BCUT2D eigenvalue weighted by molar-refractivity contribution is 0.284. The highest BCUT2D eigenvalue weighted by Gasteiger charge is 2.44. The van der Waals surface area contributed by atoms with Crippen molar-refractivity contribution in [1.29, 1.82) is 0 Å². The Kier molecular flexibility index (Phi) is 3.11. The summed E-state index contributed by atoms with van der Waals surface area (Å²) >= 11 is 2.25. The first-order valence-electron chi connectivity index (χ1n) is 5.01. The normalized spacial score (nSPS) is 17.9. The van der Waals surface area contributed by atoms with Crippen molar-refractivity contribution in [2.75, 3.05) is 26.0 Å². The van der Waals surface area contributed by atoms with E-state index >= 15 is 0 Å². The maximum Gasteiger partial charge on any atom is 0.142 e. The lowest BCUT2D eigenvalue weighted by atomic mass is 10.2. The summed E-state index contributed by atoms with van der Waals surface area (Å²) in [7, 11) is 4.28. The molecule has 1 aromatic heterocycles. The summed E-state index contributed by atoms with van der Waals surface area (Å²) in [5.74, 6) is 0.943. The summed E-state index contributed by atoms with van der Waals surface area (Å²) < 4.78 is 1.07. The van der Waals surface area contributed by atoms with E-state index < -0.39 is 0 Å². The fraction of sp³-hybridized carbons (Fsp3) is 0.600. The molecule has 0 saturated heterocycles. The van der Waals surface area contributed by atoms with Crippen molar-refractivity contribution in [3.8, 4) is 0 Å². The average Bonchev–Trinajstić information content (AvgIpc) is 2.98. The number of aromatic nitrogens is 2. The molecule has 0 bridgehead atoms. The average molecular weight is 318 g/mol. The maximum absolute atomic E-state index is 4.22. The van der Waals surface area contributed by atoms with Crippen LogP contribution in [0.1, 0.15) is 12.8 Å². The Labute approximate surface area is 104 Å². The van der Waals surface area contributed by atoms with Gasteiger partial charge in [-0.05, 0) is 49.5 Å². The van der Waals surface area contributed by atoms with Gasteiger partial charge in [0.1, 0.15) is 12.1 Å². The fourth-order valence-electron chi connectivity index (χ4n) is 1.62. The van der Waals surface area contributed by atoms with E-state index in [4.69, 9.17) is 0 Å². The number of rotatable bonds is 4. The van der Waals surface area contributed by atoms with Gasteiger partial charge < -0.3 is 10.2 Å². The quantitative estimate of drug-likeness (QED) is 0.856. The van der Waals surface area contributed by atoms with Gasteiger partial charge in [0.2, 0.25) is 0 Å². The van der Waals surface area contributed by atoms with Crippen molar-refractivity contribution < 1.29 is 0 Å². The molecule has 1 aromatic rings. The number of nitrogens with one attached hydrogen (secondary N) is 1. The second kappa shape index (κ2) is 4.21. The number of halogens is 1. The molecule has 1 saturated carbocycles. The molecular weight excluding hydrogens is 303 g/mol. The SMILES string of the molecule is CN(C)C1(CNc2ncncc2I)CC1. The van der Waals surface area contributed by atoms with Crippen LogP contribution in [0.4, 0.5) is 5.82 Å². The van der Waals surface area contributed by atoms with Crippen molar-refractivity contribution in [2.45, 2.75) is 18.4 Å².